The fourth-order valence-electron chi connectivity index (χ4n) is 4.47. The van der Waals surface area contributed by atoms with Crippen molar-refractivity contribution in [3.8, 4) is 0 Å². The lowest BCUT2D eigenvalue weighted by molar-refractivity contribution is -0.252. The van der Waals surface area contributed by atoms with Crippen LogP contribution < -0.4 is 10.6 Å². The van der Waals surface area contributed by atoms with Crippen molar-refractivity contribution in [3.05, 3.63) is 66.2 Å². The molecule has 0 spiro atoms. The number of para-hydroxylation sites is 1. The number of carbonyl (C=O) groups excluding carboxylic acids is 5. The quantitative estimate of drug-likeness (QED) is 0.162. The zero-order valence-corrected chi connectivity index (χ0v) is 25.5. The third-order valence-electron chi connectivity index (χ3n) is 6.13. The second kappa shape index (κ2) is 16.3. The fraction of sp³-hybridized carbons (Fsp3) is 0.355. The normalized spacial score (nSPS) is 21.0. The minimum absolute atomic E-state index is 0.307. The number of esters is 4. The van der Waals surface area contributed by atoms with Gasteiger partial charge < -0.3 is 34.3 Å². The first-order valence-corrected chi connectivity index (χ1v) is 14.1. The summed E-state index contributed by atoms with van der Waals surface area (Å²) in [4.78, 5) is 60.5. The van der Waals surface area contributed by atoms with Crippen LogP contribution in [0.1, 0.15) is 39.7 Å². The van der Waals surface area contributed by atoms with E-state index >= 15 is 0 Å². The second-order valence-electron chi connectivity index (χ2n) is 9.81. The zero-order chi connectivity index (χ0) is 32.2. The molecule has 1 saturated heterocycles. The lowest BCUT2D eigenvalue weighted by atomic mass is 9.91. The molecule has 5 atom stereocenters. The van der Waals surface area contributed by atoms with Crippen LogP contribution in [0.25, 0.3) is 6.08 Å². The average Bonchev–Trinajstić information content (AvgIpc) is 2.94. The maximum Gasteiger partial charge on any atom is 0.303 e. The van der Waals surface area contributed by atoms with Gasteiger partial charge in [-0.3, -0.25) is 24.0 Å². The molecule has 0 saturated carbocycles. The summed E-state index contributed by atoms with van der Waals surface area (Å²) >= 11 is 5.38. The minimum Gasteiger partial charge on any atom is -0.463 e. The molecule has 0 aromatic heterocycles. The molecular weight excluding hydrogens is 592 g/mol. The first kappa shape index (κ1) is 33.9. The molecule has 2 aromatic rings. The number of ketones is 1. The molecule has 1 aliphatic heterocycles. The van der Waals surface area contributed by atoms with Gasteiger partial charge in [0.15, 0.2) is 29.2 Å². The Balaban J connectivity index is 1.77. The molecule has 1 aliphatic rings. The largest absolute Gasteiger partial charge is 0.463 e. The molecule has 0 bridgehead atoms. The van der Waals surface area contributed by atoms with Gasteiger partial charge in [0.2, 0.25) is 0 Å². The molecule has 3 rings (SSSR count). The van der Waals surface area contributed by atoms with E-state index in [1.165, 1.54) is 13.0 Å². The van der Waals surface area contributed by atoms with Crippen LogP contribution in [0.15, 0.2) is 60.7 Å². The van der Waals surface area contributed by atoms with E-state index in [4.69, 9.17) is 35.9 Å². The molecule has 44 heavy (non-hydrogen) atoms. The number of hydrogen-bond acceptors (Lipinski definition) is 11. The Labute approximate surface area is 260 Å². The first-order chi connectivity index (χ1) is 20.9. The van der Waals surface area contributed by atoms with Crippen molar-refractivity contribution in [2.45, 2.75) is 64.6 Å². The molecule has 0 amide bonds. The summed E-state index contributed by atoms with van der Waals surface area (Å²) in [6.45, 7) is 4.20. The number of benzene rings is 2. The Morgan fingerprint density at radius 2 is 1.32 bits per heavy atom. The highest BCUT2D eigenvalue weighted by molar-refractivity contribution is 7.80. The lowest BCUT2D eigenvalue weighted by Crippen LogP contribution is -2.62. The van der Waals surface area contributed by atoms with Crippen molar-refractivity contribution in [2.75, 3.05) is 17.2 Å². The van der Waals surface area contributed by atoms with Crippen molar-refractivity contribution in [1.82, 2.24) is 0 Å². The molecule has 0 aliphatic carbocycles. The summed E-state index contributed by atoms with van der Waals surface area (Å²) in [6.07, 6.45) is -3.60. The summed E-state index contributed by atoms with van der Waals surface area (Å²) in [5.74, 6) is -3.28. The molecule has 1 fully saturated rings. The van der Waals surface area contributed by atoms with Crippen LogP contribution in [0.2, 0.25) is 0 Å². The van der Waals surface area contributed by atoms with Crippen molar-refractivity contribution in [3.63, 3.8) is 0 Å². The summed E-state index contributed by atoms with van der Waals surface area (Å²) in [5, 5.41) is 6.56. The highest BCUT2D eigenvalue weighted by Crippen LogP contribution is 2.31. The van der Waals surface area contributed by atoms with E-state index in [1.54, 1.807) is 24.3 Å². The topological polar surface area (TPSA) is 156 Å². The Morgan fingerprint density at radius 3 is 1.93 bits per heavy atom. The van der Waals surface area contributed by atoms with E-state index in [-0.39, 0.29) is 13.0 Å². The molecule has 0 radical (unpaired) electrons. The van der Waals surface area contributed by atoms with Crippen LogP contribution in [-0.2, 0) is 47.7 Å². The number of ether oxygens (including phenoxy) is 5. The summed E-state index contributed by atoms with van der Waals surface area (Å²) in [7, 11) is 0. The fourth-order valence-corrected chi connectivity index (χ4v) is 4.71. The summed E-state index contributed by atoms with van der Waals surface area (Å²) in [6, 6.07) is 16.6. The Bertz CT molecular complexity index is 1400. The van der Waals surface area contributed by atoms with Gasteiger partial charge >= 0.3 is 23.9 Å². The molecule has 234 valence electrons. The number of rotatable bonds is 11. The van der Waals surface area contributed by atoms with E-state index in [0.717, 1.165) is 26.5 Å². The average molecular weight is 627 g/mol. The second-order valence-corrected chi connectivity index (χ2v) is 10.2. The van der Waals surface area contributed by atoms with Gasteiger partial charge in [0.25, 0.3) is 0 Å². The van der Waals surface area contributed by atoms with Crippen LogP contribution in [0.4, 0.5) is 11.4 Å². The monoisotopic (exact) mass is 626 g/mol. The third-order valence-corrected chi connectivity index (χ3v) is 6.33. The Hall–Kier alpha value is -4.62. The standard InChI is InChI=1S/C31H34N2O10S/c1-18(34)39-17-27-29(41-20(3)36)30(42-21(4)37)28(40-19(2)35)26(43-27)16-25(38)14-13-22-9-8-12-24(15-22)33-31(44)32-23-10-6-5-7-11-23/h5-15,26-30H,16-17H2,1-4H3,(H2,32,33,44)/b14-13+/t26-,27+,28+,29+,30+/m0/s1. The predicted molar refractivity (Wildman–Crippen MR) is 163 cm³/mol. The molecular formula is C31H34N2O10S. The van der Waals surface area contributed by atoms with Crippen LogP contribution in [0, 0.1) is 0 Å². The van der Waals surface area contributed by atoms with Gasteiger partial charge in [-0.05, 0) is 48.1 Å². The van der Waals surface area contributed by atoms with Gasteiger partial charge in [0, 0.05) is 45.5 Å². The Morgan fingerprint density at radius 1 is 0.750 bits per heavy atom. The van der Waals surface area contributed by atoms with Gasteiger partial charge in [0.05, 0.1) is 0 Å². The molecule has 2 N–H and O–H groups in total. The number of allylic oxidation sites excluding steroid dienone is 1. The van der Waals surface area contributed by atoms with Crippen molar-refractivity contribution in [1.29, 1.82) is 0 Å². The van der Waals surface area contributed by atoms with Crippen LogP contribution in [0.3, 0.4) is 0 Å². The van der Waals surface area contributed by atoms with Crippen LogP contribution in [0.5, 0.6) is 0 Å². The molecule has 1 heterocycles. The van der Waals surface area contributed by atoms with Crippen LogP contribution in [-0.4, -0.2) is 71.9 Å². The van der Waals surface area contributed by atoms with Crippen molar-refractivity contribution in [2.24, 2.45) is 0 Å². The van der Waals surface area contributed by atoms with E-state index in [0.29, 0.717) is 16.4 Å². The lowest BCUT2D eigenvalue weighted by Gasteiger charge is -2.44. The van der Waals surface area contributed by atoms with E-state index < -0.39 is 60.2 Å². The maximum atomic E-state index is 13.1. The first-order valence-electron chi connectivity index (χ1n) is 13.7. The highest BCUT2D eigenvalue weighted by atomic mass is 32.1. The molecule has 0 unspecified atom stereocenters. The highest BCUT2D eigenvalue weighted by Gasteiger charge is 2.52. The summed E-state index contributed by atoms with van der Waals surface area (Å²) < 4.78 is 27.3. The molecule has 2 aromatic carbocycles. The number of carbonyl (C=O) groups is 5. The maximum absolute atomic E-state index is 13.1. The van der Waals surface area contributed by atoms with Gasteiger partial charge in [-0.15, -0.1) is 0 Å². The van der Waals surface area contributed by atoms with Gasteiger partial charge in [-0.2, -0.15) is 0 Å². The van der Waals surface area contributed by atoms with Crippen LogP contribution >= 0.6 is 12.2 Å². The van der Waals surface area contributed by atoms with E-state index in [9.17, 15) is 24.0 Å². The number of thiocarbonyl (C=S) groups is 1. The number of anilines is 2. The smallest absolute Gasteiger partial charge is 0.303 e. The van der Waals surface area contributed by atoms with Gasteiger partial charge in [-0.25, -0.2) is 0 Å². The molecule has 12 nitrogen and oxygen atoms in total. The number of hydrogen-bond donors (Lipinski definition) is 2. The SMILES string of the molecule is CC(=O)OC[C@H]1O[C@@H](CC(=O)/C=C/c2cccc(NC(=S)Nc3ccccc3)c2)[C@@H](OC(C)=O)[C@@H](OC(C)=O)[C@@H]1OC(C)=O. The van der Waals surface area contributed by atoms with Crippen molar-refractivity contribution >= 4 is 64.4 Å². The van der Waals surface area contributed by atoms with Crippen molar-refractivity contribution < 1.29 is 47.7 Å². The Kier molecular flexibility index (Phi) is 12.5. The van der Waals surface area contributed by atoms with Gasteiger partial charge in [0.1, 0.15) is 18.8 Å². The molecule has 13 heteroatoms. The minimum atomic E-state index is -1.34. The zero-order valence-electron chi connectivity index (χ0n) is 24.6. The number of nitrogens with one attached hydrogen (secondary N) is 2. The van der Waals surface area contributed by atoms with E-state index in [1.807, 2.05) is 36.4 Å². The predicted octanol–water partition coefficient (Wildman–Crippen LogP) is 3.59. The summed E-state index contributed by atoms with van der Waals surface area (Å²) in [5.41, 5.74) is 2.20. The van der Waals surface area contributed by atoms with Gasteiger partial charge in [-0.1, -0.05) is 36.4 Å². The third kappa shape index (κ3) is 10.9. The van der Waals surface area contributed by atoms with E-state index in [2.05, 4.69) is 10.6 Å².